The molecule has 1 aliphatic rings. The highest BCUT2D eigenvalue weighted by Crippen LogP contribution is 2.20. The zero-order valence-electron chi connectivity index (χ0n) is 17.4. The molecule has 1 unspecified atom stereocenters. The van der Waals surface area contributed by atoms with Crippen LogP contribution in [-0.2, 0) is 0 Å². The number of piperazine rings is 1. The molecule has 1 saturated heterocycles. The quantitative estimate of drug-likeness (QED) is 0.322. The van der Waals surface area contributed by atoms with E-state index in [1.165, 1.54) is 6.07 Å². The summed E-state index contributed by atoms with van der Waals surface area (Å²) >= 11 is 0. The van der Waals surface area contributed by atoms with Gasteiger partial charge in [0.25, 0.3) is 0 Å². The molecule has 1 aromatic rings. The SMILES string of the molecule is CCNC(=NCC(CCO)CC(C)C)N1CCN(c2ccccc2F)CC1.I. The smallest absolute Gasteiger partial charge is 0.194 e. The highest BCUT2D eigenvalue weighted by Gasteiger charge is 2.21. The van der Waals surface area contributed by atoms with Gasteiger partial charge in [0.05, 0.1) is 5.69 Å². The molecule has 0 saturated carbocycles. The number of rotatable bonds is 8. The van der Waals surface area contributed by atoms with E-state index >= 15 is 0 Å². The van der Waals surface area contributed by atoms with Crippen LogP contribution in [0.2, 0.25) is 0 Å². The van der Waals surface area contributed by atoms with Gasteiger partial charge in [-0.25, -0.2) is 4.39 Å². The Labute approximate surface area is 186 Å². The van der Waals surface area contributed by atoms with Gasteiger partial charge in [-0.05, 0) is 43.7 Å². The van der Waals surface area contributed by atoms with Gasteiger partial charge < -0.3 is 20.2 Å². The Morgan fingerprint density at radius 3 is 2.46 bits per heavy atom. The lowest BCUT2D eigenvalue weighted by atomic mass is 9.94. The van der Waals surface area contributed by atoms with E-state index in [-0.39, 0.29) is 36.4 Å². The van der Waals surface area contributed by atoms with Gasteiger partial charge in [0.1, 0.15) is 5.82 Å². The summed E-state index contributed by atoms with van der Waals surface area (Å²) in [5.74, 6) is 1.77. The zero-order chi connectivity index (χ0) is 19.6. The van der Waals surface area contributed by atoms with Crippen molar-refractivity contribution in [3.05, 3.63) is 30.1 Å². The van der Waals surface area contributed by atoms with Crippen LogP contribution in [-0.4, -0.2) is 61.8 Å². The third-order valence-electron chi connectivity index (χ3n) is 4.95. The van der Waals surface area contributed by atoms with Crippen molar-refractivity contribution >= 4 is 35.6 Å². The van der Waals surface area contributed by atoms with Crippen molar-refractivity contribution in [2.75, 3.05) is 50.8 Å². The minimum Gasteiger partial charge on any atom is -0.396 e. The van der Waals surface area contributed by atoms with Crippen molar-refractivity contribution < 1.29 is 9.50 Å². The number of aliphatic hydroxyl groups excluding tert-OH is 1. The number of nitrogens with zero attached hydrogens (tertiary/aromatic N) is 3. The Morgan fingerprint density at radius 2 is 1.89 bits per heavy atom. The van der Waals surface area contributed by atoms with E-state index in [2.05, 4.69) is 35.9 Å². The molecule has 1 aromatic carbocycles. The highest BCUT2D eigenvalue weighted by molar-refractivity contribution is 14.0. The molecule has 0 radical (unpaired) electrons. The first-order valence-electron chi connectivity index (χ1n) is 10.2. The summed E-state index contributed by atoms with van der Waals surface area (Å²) in [4.78, 5) is 9.21. The normalized spacial score (nSPS) is 16.1. The molecular weight excluding hydrogens is 470 g/mol. The molecule has 2 N–H and O–H groups in total. The molecule has 0 aliphatic carbocycles. The fraction of sp³-hybridized carbons (Fsp3) is 0.667. The van der Waals surface area contributed by atoms with Crippen LogP contribution in [0.1, 0.15) is 33.6 Å². The molecule has 1 fully saturated rings. The largest absolute Gasteiger partial charge is 0.396 e. The van der Waals surface area contributed by atoms with Crippen molar-refractivity contribution in [3.8, 4) is 0 Å². The van der Waals surface area contributed by atoms with Gasteiger partial charge in [0, 0.05) is 45.9 Å². The van der Waals surface area contributed by atoms with Gasteiger partial charge >= 0.3 is 0 Å². The Kier molecular flexibility index (Phi) is 11.8. The van der Waals surface area contributed by atoms with Crippen molar-refractivity contribution in [1.82, 2.24) is 10.2 Å². The number of halogens is 2. The fourth-order valence-electron chi connectivity index (χ4n) is 3.64. The van der Waals surface area contributed by atoms with Crippen LogP contribution in [0.15, 0.2) is 29.3 Å². The number of nitrogens with one attached hydrogen (secondary N) is 1. The lowest BCUT2D eigenvalue weighted by Crippen LogP contribution is -2.52. The Balaban J connectivity index is 0.00000392. The maximum absolute atomic E-state index is 14.0. The topological polar surface area (TPSA) is 51.1 Å². The lowest BCUT2D eigenvalue weighted by molar-refractivity contribution is 0.245. The molecule has 160 valence electrons. The minimum atomic E-state index is -0.160. The number of anilines is 1. The summed E-state index contributed by atoms with van der Waals surface area (Å²) in [6, 6.07) is 6.97. The van der Waals surface area contributed by atoms with E-state index in [0.29, 0.717) is 17.5 Å². The molecule has 1 atom stereocenters. The Hall–Kier alpha value is -1.09. The van der Waals surface area contributed by atoms with E-state index in [1.54, 1.807) is 6.07 Å². The first-order chi connectivity index (χ1) is 13.0. The summed E-state index contributed by atoms with van der Waals surface area (Å²) in [6.45, 7) is 11.4. The minimum absolute atomic E-state index is 0. The predicted molar refractivity (Wildman–Crippen MR) is 126 cm³/mol. The number of hydrogen-bond donors (Lipinski definition) is 2. The van der Waals surface area contributed by atoms with E-state index in [9.17, 15) is 9.50 Å². The molecule has 0 aromatic heterocycles. The van der Waals surface area contributed by atoms with E-state index in [0.717, 1.165) is 58.1 Å². The standard InChI is InChI=1S/C21H35FN4O.HI/c1-4-23-21(24-16-18(9-14-27)15-17(2)3)26-12-10-25(11-13-26)20-8-6-5-7-19(20)22;/h5-8,17-18,27H,4,9-16H2,1-3H3,(H,23,24);1H. The first-order valence-corrected chi connectivity index (χ1v) is 10.2. The van der Waals surface area contributed by atoms with Gasteiger partial charge in [0.15, 0.2) is 5.96 Å². The van der Waals surface area contributed by atoms with Crippen molar-refractivity contribution in [3.63, 3.8) is 0 Å². The summed E-state index contributed by atoms with van der Waals surface area (Å²) in [5, 5.41) is 12.7. The van der Waals surface area contributed by atoms with Crippen molar-refractivity contribution in [2.24, 2.45) is 16.8 Å². The molecule has 5 nitrogen and oxygen atoms in total. The monoisotopic (exact) mass is 506 g/mol. The van der Waals surface area contributed by atoms with Crippen LogP contribution in [0.25, 0.3) is 0 Å². The second kappa shape index (κ2) is 13.2. The average molecular weight is 506 g/mol. The summed E-state index contributed by atoms with van der Waals surface area (Å²) < 4.78 is 14.0. The van der Waals surface area contributed by atoms with E-state index < -0.39 is 0 Å². The summed E-state index contributed by atoms with van der Waals surface area (Å²) in [5.41, 5.74) is 0.680. The van der Waals surface area contributed by atoms with Crippen LogP contribution in [0, 0.1) is 17.7 Å². The van der Waals surface area contributed by atoms with Gasteiger partial charge in [-0.15, -0.1) is 24.0 Å². The second-order valence-corrected chi connectivity index (χ2v) is 7.63. The van der Waals surface area contributed by atoms with Crippen LogP contribution in [0.5, 0.6) is 0 Å². The molecule has 0 spiro atoms. The van der Waals surface area contributed by atoms with Crippen LogP contribution in [0.3, 0.4) is 0 Å². The highest BCUT2D eigenvalue weighted by atomic mass is 127. The molecule has 28 heavy (non-hydrogen) atoms. The number of hydrogen-bond acceptors (Lipinski definition) is 3. The number of aliphatic hydroxyl groups is 1. The number of guanidine groups is 1. The maximum Gasteiger partial charge on any atom is 0.194 e. The third-order valence-corrected chi connectivity index (χ3v) is 4.95. The van der Waals surface area contributed by atoms with Crippen molar-refractivity contribution in [2.45, 2.75) is 33.6 Å². The van der Waals surface area contributed by atoms with Gasteiger partial charge in [-0.1, -0.05) is 26.0 Å². The molecule has 2 rings (SSSR count). The van der Waals surface area contributed by atoms with Gasteiger partial charge in [-0.3, -0.25) is 4.99 Å². The maximum atomic E-state index is 14.0. The van der Waals surface area contributed by atoms with E-state index in [4.69, 9.17) is 4.99 Å². The van der Waals surface area contributed by atoms with Crippen LogP contribution >= 0.6 is 24.0 Å². The average Bonchev–Trinajstić information content (AvgIpc) is 2.65. The van der Waals surface area contributed by atoms with Gasteiger partial charge in [0.2, 0.25) is 0 Å². The fourth-order valence-corrected chi connectivity index (χ4v) is 3.64. The molecule has 1 aliphatic heterocycles. The molecule has 1 heterocycles. The lowest BCUT2D eigenvalue weighted by Gasteiger charge is -2.38. The molecule has 0 bridgehead atoms. The molecular formula is C21H36FIN4O. The van der Waals surface area contributed by atoms with Gasteiger partial charge in [-0.2, -0.15) is 0 Å². The summed E-state index contributed by atoms with van der Waals surface area (Å²) in [6.07, 6.45) is 1.87. The van der Waals surface area contributed by atoms with Crippen LogP contribution < -0.4 is 10.2 Å². The molecule has 7 heteroatoms. The first kappa shape index (κ1) is 24.9. The predicted octanol–water partition coefficient (Wildman–Crippen LogP) is 3.58. The van der Waals surface area contributed by atoms with Crippen molar-refractivity contribution in [1.29, 1.82) is 0 Å². The number of aliphatic imine (C=N–C) groups is 1. The second-order valence-electron chi connectivity index (χ2n) is 7.63. The zero-order valence-corrected chi connectivity index (χ0v) is 19.7. The number of para-hydroxylation sites is 1. The summed E-state index contributed by atoms with van der Waals surface area (Å²) in [7, 11) is 0. The Morgan fingerprint density at radius 1 is 1.21 bits per heavy atom. The number of benzene rings is 1. The third kappa shape index (κ3) is 7.73. The Bertz CT molecular complexity index is 592. The molecule has 0 amide bonds. The van der Waals surface area contributed by atoms with E-state index in [1.807, 2.05) is 12.1 Å². The van der Waals surface area contributed by atoms with Crippen LogP contribution in [0.4, 0.5) is 10.1 Å².